The molecule has 0 saturated carbocycles. The molecule has 0 unspecified atom stereocenters. The Morgan fingerprint density at radius 2 is 1.94 bits per heavy atom. The second kappa shape index (κ2) is 4.60. The van der Waals surface area contributed by atoms with Crippen molar-refractivity contribution < 1.29 is 5.21 Å². The summed E-state index contributed by atoms with van der Waals surface area (Å²) in [5, 5.41) is 22.6. The SMILES string of the molecule is ON=C1CCN(c2nncc3ccccc23)CC1. The highest BCUT2D eigenvalue weighted by atomic mass is 16.4. The number of hydrogen-bond acceptors (Lipinski definition) is 5. The summed E-state index contributed by atoms with van der Waals surface area (Å²) in [6, 6.07) is 8.12. The third-order valence-electron chi connectivity index (χ3n) is 3.33. The molecule has 0 spiro atoms. The van der Waals surface area contributed by atoms with Gasteiger partial charge in [0.25, 0.3) is 0 Å². The van der Waals surface area contributed by atoms with E-state index in [4.69, 9.17) is 5.21 Å². The van der Waals surface area contributed by atoms with Gasteiger partial charge in [0, 0.05) is 36.7 Å². The molecular weight excluding hydrogens is 228 g/mol. The maximum atomic E-state index is 8.76. The van der Waals surface area contributed by atoms with Crippen molar-refractivity contribution in [3.63, 3.8) is 0 Å². The van der Waals surface area contributed by atoms with Gasteiger partial charge in [-0.05, 0) is 0 Å². The Kier molecular flexibility index (Phi) is 2.80. The highest BCUT2D eigenvalue weighted by Gasteiger charge is 2.18. The van der Waals surface area contributed by atoms with Gasteiger partial charge in [0.2, 0.25) is 0 Å². The molecule has 18 heavy (non-hydrogen) atoms. The van der Waals surface area contributed by atoms with E-state index in [9.17, 15) is 0 Å². The minimum absolute atomic E-state index is 0.779. The number of piperidine rings is 1. The Bertz CT molecular complexity index is 581. The van der Waals surface area contributed by atoms with E-state index in [1.165, 1.54) is 0 Å². The van der Waals surface area contributed by atoms with Gasteiger partial charge in [-0.15, -0.1) is 5.10 Å². The molecule has 1 aromatic carbocycles. The smallest absolute Gasteiger partial charge is 0.159 e. The first kappa shape index (κ1) is 11.0. The Hall–Kier alpha value is -2.17. The van der Waals surface area contributed by atoms with Gasteiger partial charge in [-0.1, -0.05) is 29.4 Å². The van der Waals surface area contributed by atoms with Gasteiger partial charge in [-0.2, -0.15) is 5.10 Å². The molecule has 1 aliphatic rings. The highest BCUT2D eigenvalue weighted by Crippen LogP contribution is 2.25. The summed E-state index contributed by atoms with van der Waals surface area (Å²) >= 11 is 0. The summed E-state index contributed by atoms with van der Waals surface area (Å²) in [6.45, 7) is 1.64. The van der Waals surface area contributed by atoms with Crippen LogP contribution in [0.3, 0.4) is 0 Å². The fourth-order valence-electron chi connectivity index (χ4n) is 2.32. The molecule has 1 N–H and O–H groups in total. The fraction of sp³-hybridized carbons (Fsp3) is 0.308. The van der Waals surface area contributed by atoms with E-state index in [0.29, 0.717) is 0 Å². The van der Waals surface area contributed by atoms with Crippen molar-refractivity contribution in [1.29, 1.82) is 0 Å². The van der Waals surface area contributed by atoms with Gasteiger partial charge in [-0.3, -0.25) is 0 Å². The van der Waals surface area contributed by atoms with Crippen LogP contribution in [0.25, 0.3) is 10.8 Å². The normalized spacial score (nSPS) is 16.0. The fourth-order valence-corrected chi connectivity index (χ4v) is 2.32. The summed E-state index contributed by atoms with van der Waals surface area (Å²) < 4.78 is 0. The third kappa shape index (κ3) is 1.88. The summed E-state index contributed by atoms with van der Waals surface area (Å²) in [4.78, 5) is 2.20. The van der Waals surface area contributed by atoms with Crippen LogP contribution in [-0.4, -0.2) is 34.2 Å². The Labute approximate surface area is 105 Å². The van der Waals surface area contributed by atoms with Crippen LogP contribution in [0.4, 0.5) is 5.82 Å². The van der Waals surface area contributed by atoms with Gasteiger partial charge in [-0.25, -0.2) is 0 Å². The number of oxime groups is 1. The van der Waals surface area contributed by atoms with Crippen LogP contribution in [-0.2, 0) is 0 Å². The maximum absolute atomic E-state index is 8.76. The molecule has 3 rings (SSSR count). The van der Waals surface area contributed by atoms with Crippen molar-refractivity contribution in [1.82, 2.24) is 10.2 Å². The zero-order valence-electron chi connectivity index (χ0n) is 9.95. The molecular formula is C13H14N4O. The van der Waals surface area contributed by atoms with Crippen LogP contribution < -0.4 is 4.90 Å². The van der Waals surface area contributed by atoms with Crippen LogP contribution in [0.5, 0.6) is 0 Å². The second-order valence-electron chi connectivity index (χ2n) is 4.41. The van der Waals surface area contributed by atoms with Crippen molar-refractivity contribution in [2.24, 2.45) is 5.16 Å². The van der Waals surface area contributed by atoms with E-state index in [2.05, 4.69) is 26.3 Å². The predicted molar refractivity (Wildman–Crippen MR) is 70.2 cm³/mol. The van der Waals surface area contributed by atoms with Crippen LogP contribution in [0.1, 0.15) is 12.8 Å². The van der Waals surface area contributed by atoms with E-state index in [1.54, 1.807) is 6.20 Å². The van der Waals surface area contributed by atoms with Crippen molar-refractivity contribution in [2.75, 3.05) is 18.0 Å². The molecule has 0 radical (unpaired) electrons. The van der Waals surface area contributed by atoms with Gasteiger partial charge >= 0.3 is 0 Å². The molecule has 1 aliphatic heterocycles. The lowest BCUT2D eigenvalue weighted by Gasteiger charge is -2.28. The third-order valence-corrected chi connectivity index (χ3v) is 3.33. The van der Waals surface area contributed by atoms with E-state index in [1.807, 2.05) is 18.2 Å². The Morgan fingerprint density at radius 3 is 2.72 bits per heavy atom. The molecule has 2 aromatic rings. The minimum Gasteiger partial charge on any atom is -0.411 e. The van der Waals surface area contributed by atoms with Crippen molar-refractivity contribution in [3.05, 3.63) is 30.5 Å². The average molecular weight is 242 g/mol. The zero-order valence-corrected chi connectivity index (χ0v) is 9.95. The average Bonchev–Trinajstić information content (AvgIpc) is 2.47. The molecule has 5 nitrogen and oxygen atoms in total. The number of fused-ring (bicyclic) bond motifs is 1. The van der Waals surface area contributed by atoms with Crippen LogP contribution in [0.2, 0.25) is 0 Å². The summed E-state index contributed by atoms with van der Waals surface area (Å²) in [6.07, 6.45) is 3.34. The molecule has 0 bridgehead atoms. The van der Waals surface area contributed by atoms with E-state index >= 15 is 0 Å². The first-order valence-corrected chi connectivity index (χ1v) is 6.03. The zero-order chi connectivity index (χ0) is 12.4. The van der Waals surface area contributed by atoms with Crippen LogP contribution in [0, 0.1) is 0 Å². The van der Waals surface area contributed by atoms with Crippen LogP contribution >= 0.6 is 0 Å². The minimum atomic E-state index is 0.779. The number of anilines is 1. The lowest BCUT2D eigenvalue weighted by Crippen LogP contribution is -2.34. The van der Waals surface area contributed by atoms with E-state index in [0.717, 1.165) is 48.2 Å². The maximum Gasteiger partial charge on any atom is 0.159 e. The second-order valence-corrected chi connectivity index (χ2v) is 4.41. The lowest BCUT2D eigenvalue weighted by molar-refractivity contribution is 0.315. The Morgan fingerprint density at radius 1 is 1.17 bits per heavy atom. The van der Waals surface area contributed by atoms with E-state index < -0.39 is 0 Å². The van der Waals surface area contributed by atoms with Crippen molar-refractivity contribution in [2.45, 2.75) is 12.8 Å². The quantitative estimate of drug-likeness (QED) is 0.614. The lowest BCUT2D eigenvalue weighted by atomic mass is 10.1. The molecule has 2 heterocycles. The molecule has 92 valence electrons. The highest BCUT2D eigenvalue weighted by molar-refractivity contribution is 5.92. The topological polar surface area (TPSA) is 61.6 Å². The van der Waals surface area contributed by atoms with Gasteiger partial charge in [0.05, 0.1) is 11.9 Å². The molecule has 0 amide bonds. The number of hydrogen-bond donors (Lipinski definition) is 1. The van der Waals surface area contributed by atoms with Crippen molar-refractivity contribution in [3.8, 4) is 0 Å². The molecule has 0 atom stereocenters. The number of aromatic nitrogens is 2. The molecule has 1 fully saturated rings. The summed E-state index contributed by atoms with van der Waals surface area (Å²) in [5.41, 5.74) is 0.861. The number of nitrogens with zero attached hydrogens (tertiary/aromatic N) is 4. The number of rotatable bonds is 1. The van der Waals surface area contributed by atoms with Gasteiger partial charge in [0.15, 0.2) is 5.82 Å². The summed E-state index contributed by atoms with van der Waals surface area (Å²) in [5.74, 6) is 0.921. The monoisotopic (exact) mass is 242 g/mol. The first-order valence-electron chi connectivity index (χ1n) is 6.03. The largest absolute Gasteiger partial charge is 0.411 e. The molecule has 1 saturated heterocycles. The molecule has 1 aromatic heterocycles. The molecule has 5 heteroatoms. The van der Waals surface area contributed by atoms with Crippen molar-refractivity contribution >= 4 is 22.3 Å². The van der Waals surface area contributed by atoms with Gasteiger partial charge in [0.1, 0.15) is 0 Å². The van der Waals surface area contributed by atoms with E-state index in [-0.39, 0.29) is 0 Å². The summed E-state index contributed by atoms with van der Waals surface area (Å²) in [7, 11) is 0. The number of benzene rings is 1. The van der Waals surface area contributed by atoms with Gasteiger partial charge < -0.3 is 10.1 Å². The Balaban J connectivity index is 1.95. The first-order chi connectivity index (χ1) is 8.88. The van der Waals surface area contributed by atoms with Crippen LogP contribution in [0.15, 0.2) is 35.6 Å². The standard InChI is InChI=1S/C13H14N4O/c18-16-11-5-7-17(8-6-11)13-12-4-2-1-3-10(12)9-14-15-13/h1-4,9,18H,5-8H2. The predicted octanol–water partition coefficient (Wildman–Crippen LogP) is 2.06. The molecule has 0 aliphatic carbocycles.